The number of benzene rings is 2. The maximum Gasteiger partial charge on any atom is 0.118 e. The second-order valence-electron chi connectivity index (χ2n) is 5.76. The van der Waals surface area contributed by atoms with Crippen molar-refractivity contribution in [2.45, 2.75) is 18.9 Å². The topological polar surface area (TPSA) is 42.4 Å². The van der Waals surface area contributed by atoms with Gasteiger partial charge in [0.25, 0.3) is 0 Å². The van der Waals surface area contributed by atoms with Crippen LogP contribution >= 0.6 is 0 Å². The summed E-state index contributed by atoms with van der Waals surface area (Å²) in [6.45, 7) is 1.98. The molecule has 0 radical (unpaired) electrons. The monoisotopic (exact) mass is 319 g/mol. The van der Waals surface area contributed by atoms with Gasteiger partial charge >= 0.3 is 0 Å². The van der Waals surface area contributed by atoms with Crippen LogP contribution < -0.4 is 4.74 Å². The van der Waals surface area contributed by atoms with Gasteiger partial charge in [-0.1, -0.05) is 43.3 Å². The number of pyridine rings is 1. The highest BCUT2D eigenvalue weighted by atomic mass is 16.5. The molecule has 0 amide bonds. The zero-order valence-electron chi connectivity index (χ0n) is 13.9. The van der Waals surface area contributed by atoms with E-state index in [9.17, 15) is 5.11 Å². The van der Waals surface area contributed by atoms with E-state index in [0.29, 0.717) is 6.42 Å². The molecule has 3 heteroatoms. The predicted molar refractivity (Wildman–Crippen MR) is 96.0 cm³/mol. The summed E-state index contributed by atoms with van der Waals surface area (Å²) in [5.74, 6) is 0.841. The average molecular weight is 319 g/mol. The molecule has 24 heavy (non-hydrogen) atoms. The smallest absolute Gasteiger partial charge is 0.118 e. The maximum absolute atomic E-state index is 11.1. The Morgan fingerprint density at radius 2 is 1.33 bits per heavy atom. The van der Waals surface area contributed by atoms with Crippen LogP contribution in [-0.4, -0.2) is 17.2 Å². The minimum absolute atomic E-state index is 0.596. The predicted octanol–water partition coefficient (Wildman–Crippen LogP) is 4.40. The maximum atomic E-state index is 11.1. The van der Waals surface area contributed by atoms with E-state index in [2.05, 4.69) is 4.98 Å². The Morgan fingerprint density at radius 3 is 1.83 bits per heavy atom. The molecule has 2 aromatic carbocycles. The van der Waals surface area contributed by atoms with Gasteiger partial charge in [-0.05, 0) is 52.9 Å². The van der Waals surface area contributed by atoms with Crippen molar-refractivity contribution >= 4 is 0 Å². The van der Waals surface area contributed by atoms with Gasteiger partial charge in [-0.3, -0.25) is 4.98 Å². The van der Waals surface area contributed by atoms with E-state index in [1.807, 2.05) is 67.6 Å². The van der Waals surface area contributed by atoms with Gasteiger partial charge < -0.3 is 9.84 Å². The number of aliphatic hydroxyl groups is 1. The van der Waals surface area contributed by atoms with Crippen molar-refractivity contribution in [1.29, 1.82) is 0 Å². The fraction of sp³-hybridized carbons (Fsp3) is 0.190. The highest BCUT2D eigenvalue weighted by Crippen LogP contribution is 2.33. The van der Waals surface area contributed by atoms with Gasteiger partial charge in [-0.15, -0.1) is 0 Å². The molecule has 1 atom stereocenters. The molecule has 0 aliphatic rings. The van der Waals surface area contributed by atoms with Crippen molar-refractivity contribution in [2.24, 2.45) is 0 Å². The van der Waals surface area contributed by atoms with Crippen molar-refractivity contribution in [3.05, 3.63) is 84.2 Å². The second-order valence-corrected chi connectivity index (χ2v) is 5.76. The summed E-state index contributed by atoms with van der Waals surface area (Å²) in [6.07, 6.45) is 4.02. The van der Waals surface area contributed by atoms with Crippen LogP contribution in [0.15, 0.2) is 73.1 Å². The van der Waals surface area contributed by atoms with Crippen LogP contribution in [0.25, 0.3) is 11.1 Å². The lowest BCUT2D eigenvalue weighted by Crippen LogP contribution is -2.26. The first-order valence-corrected chi connectivity index (χ1v) is 8.05. The molecule has 1 aromatic heterocycles. The first kappa shape index (κ1) is 16.2. The van der Waals surface area contributed by atoms with E-state index >= 15 is 0 Å². The first-order chi connectivity index (χ1) is 11.7. The van der Waals surface area contributed by atoms with E-state index in [4.69, 9.17) is 4.74 Å². The molecule has 0 bridgehead atoms. The molecular weight excluding hydrogens is 298 g/mol. The minimum atomic E-state index is -0.999. The van der Waals surface area contributed by atoms with E-state index in [0.717, 1.165) is 28.0 Å². The molecule has 0 saturated carbocycles. The Labute approximate surface area is 142 Å². The van der Waals surface area contributed by atoms with Gasteiger partial charge in [0.15, 0.2) is 0 Å². The van der Waals surface area contributed by atoms with Crippen molar-refractivity contribution in [3.63, 3.8) is 0 Å². The highest BCUT2D eigenvalue weighted by Gasteiger charge is 2.29. The Balaban J connectivity index is 1.93. The quantitative estimate of drug-likeness (QED) is 0.758. The zero-order chi connectivity index (χ0) is 17.0. The molecule has 122 valence electrons. The normalized spacial score (nSPS) is 13.3. The number of hydrogen-bond acceptors (Lipinski definition) is 3. The molecule has 3 aromatic rings. The van der Waals surface area contributed by atoms with Crippen molar-refractivity contribution in [1.82, 2.24) is 4.98 Å². The molecular formula is C21H21NO2. The molecule has 0 aliphatic heterocycles. The third kappa shape index (κ3) is 3.03. The van der Waals surface area contributed by atoms with Crippen molar-refractivity contribution in [2.75, 3.05) is 7.11 Å². The molecule has 3 nitrogen and oxygen atoms in total. The zero-order valence-corrected chi connectivity index (χ0v) is 13.9. The van der Waals surface area contributed by atoms with Crippen LogP contribution in [0.1, 0.15) is 24.5 Å². The number of methoxy groups -OCH3 is 1. The van der Waals surface area contributed by atoms with E-state index in [-0.39, 0.29) is 0 Å². The van der Waals surface area contributed by atoms with Gasteiger partial charge in [-0.2, -0.15) is 0 Å². The summed E-state index contributed by atoms with van der Waals surface area (Å²) in [4.78, 5) is 4.03. The SMILES string of the molecule is CCC(O)(c1ccncc1)c1ccc(-c2ccc(OC)cc2)cc1. The van der Waals surface area contributed by atoms with Crippen molar-refractivity contribution in [3.8, 4) is 16.9 Å². The van der Waals surface area contributed by atoms with E-state index in [1.165, 1.54) is 0 Å². The van der Waals surface area contributed by atoms with Gasteiger partial charge in [0.05, 0.1) is 7.11 Å². The van der Waals surface area contributed by atoms with Crippen molar-refractivity contribution < 1.29 is 9.84 Å². The molecule has 3 rings (SSSR count). The van der Waals surface area contributed by atoms with Crippen LogP contribution in [0.5, 0.6) is 5.75 Å². The minimum Gasteiger partial charge on any atom is -0.497 e. The van der Waals surface area contributed by atoms with Crippen LogP contribution in [0, 0.1) is 0 Å². The number of nitrogens with zero attached hydrogens (tertiary/aromatic N) is 1. The molecule has 0 spiro atoms. The van der Waals surface area contributed by atoms with Crippen LogP contribution in [0.4, 0.5) is 0 Å². The standard InChI is InChI=1S/C21H21NO2/c1-3-21(23,19-12-14-22-15-13-19)18-8-4-16(5-9-18)17-6-10-20(24-2)11-7-17/h4-15,23H,3H2,1-2H3. The number of hydrogen-bond donors (Lipinski definition) is 1. The number of ether oxygens (including phenoxy) is 1. The largest absolute Gasteiger partial charge is 0.497 e. The fourth-order valence-corrected chi connectivity index (χ4v) is 2.92. The van der Waals surface area contributed by atoms with E-state index in [1.54, 1.807) is 19.5 Å². The Kier molecular flexibility index (Phi) is 4.63. The third-order valence-corrected chi connectivity index (χ3v) is 4.46. The summed E-state index contributed by atoms with van der Waals surface area (Å²) in [6, 6.07) is 19.7. The van der Waals surface area contributed by atoms with Gasteiger partial charge in [0, 0.05) is 12.4 Å². The molecule has 0 fully saturated rings. The Hall–Kier alpha value is -2.65. The van der Waals surface area contributed by atoms with Gasteiger partial charge in [0.1, 0.15) is 11.4 Å². The second kappa shape index (κ2) is 6.85. The lowest BCUT2D eigenvalue weighted by Gasteiger charge is -2.28. The van der Waals surface area contributed by atoms with Crippen LogP contribution in [-0.2, 0) is 5.60 Å². The summed E-state index contributed by atoms with van der Waals surface area (Å²) >= 11 is 0. The van der Waals surface area contributed by atoms with Crippen LogP contribution in [0.2, 0.25) is 0 Å². The summed E-state index contributed by atoms with van der Waals surface area (Å²) in [5, 5.41) is 11.1. The van der Waals surface area contributed by atoms with E-state index < -0.39 is 5.60 Å². The van der Waals surface area contributed by atoms with Gasteiger partial charge in [-0.25, -0.2) is 0 Å². The summed E-state index contributed by atoms with van der Waals surface area (Å²) < 4.78 is 5.19. The lowest BCUT2D eigenvalue weighted by atomic mass is 9.84. The summed E-state index contributed by atoms with van der Waals surface area (Å²) in [5.41, 5.74) is 2.97. The summed E-state index contributed by atoms with van der Waals surface area (Å²) in [7, 11) is 1.66. The Bertz CT molecular complexity index is 782. The highest BCUT2D eigenvalue weighted by molar-refractivity contribution is 5.64. The van der Waals surface area contributed by atoms with Gasteiger partial charge in [0.2, 0.25) is 0 Å². The fourth-order valence-electron chi connectivity index (χ4n) is 2.92. The molecule has 0 saturated heterocycles. The molecule has 0 aliphatic carbocycles. The molecule has 1 unspecified atom stereocenters. The Morgan fingerprint density at radius 1 is 0.833 bits per heavy atom. The molecule has 1 N–H and O–H groups in total. The number of rotatable bonds is 5. The van der Waals surface area contributed by atoms with Crippen LogP contribution in [0.3, 0.4) is 0 Å². The first-order valence-electron chi connectivity index (χ1n) is 8.05. The third-order valence-electron chi connectivity index (χ3n) is 4.46. The number of aromatic nitrogens is 1. The molecule has 1 heterocycles. The average Bonchev–Trinajstić information content (AvgIpc) is 2.68. The lowest BCUT2D eigenvalue weighted by molar-refractivity contribution is 0.0764.